The molecule has 0 saturated carbocycles. The van der Waals surface area contributed by atoms with Crippen LogP contribution < -0.4 is 22.1 Å². The Labute approximate surface area is 201 Å². The van der Waals surface area contributed by atoms with Gasteiger partial charge in [-0.3, -0.25) is 19.6 Å². The summed E-state index contributed by atoms with van der Waals surface area (Å²) in [5, 5.41) is 24.9. The number of urea groups is 1. The van der Waals surface area contributed by atoms with E-state index in [1.165, 1.54) is 34.5 Å². The third-order valence-electron chi connectivity index (χ3n) is 5.13. The number of carbonyl (C=O) groups excluding carboxylic acids is 3. The number of carbonyl (C=O) groups is 4. The minimum atomic E-state index is -1.21. The maximum absolute atomic E-state index is 12.8. The number of fused-ring (bicyclic) bond motifs is 1. The molecule has 1 fully saturated rings. The molecule has 2 aliphatic heterocycles. The lowest BCUT2D eigenvalue weighted by molar-refractivity contribution is -0.150. The minimum absolute atomic E-state index is 0.0789. The van der Waals surface area contributed by atoms with Crippen LogP contribution in [0.2, 0.25) is 0 Å². The highest BCUT2D eigenvalue weighted by atomic mass is 32.2. The van der Waals surface area contributed by atoms with Crippen molar-refractivity contribution in [1.29, 1.82) is 0 Å². The number of hydrogen-bond donors (Lipinski definition) is 6. The smallest absolute Gasteiger partial charge is 0.352 e. The Hall–Kier alpha value is -3.56. The maximum Gasteiger partial charge on any atom is 0.352 e. The molecule has 0 spiro atoms. The van der Waals surface area contributed by atoms with Crippen LogP contribution in [0.5, 0.6) is 0 Å². The Morgan fingerprint density at radius 2 is 2.18 bits per heavy atom. The zero-order chi connectivity index (χ0) is 24.4. The summed E-state index contributed by atoms with van der Waals surface area (Å²) >= 11 is 2.66. The highest BCUT2D eigenvalue weighted by molar-refractivity contribution is 8.01. The Kier molecular flexibility index (Phi) is 6.76. The zero-order valence-corrected chi connectivity index (χ0v) is 19.1. The molecule has 13 nitrogen and oxygen atoms in total. The number of β-lactam (4-membered cyclic amide) rings is 1. The van der Waals surface area contributed by atoms with Crippen molar-refractivity contribution in [2.75, 3.05) is 16.8 Å². The number of benzene rings is 1. The summed E-state index contributed by atoms with van der Waals surface area (Å²) in [6.07, 6.45) is 1.59. The molecule has 3 atom stereocenters. The number of aliphatic carboxylic acids is 1. The van der Waals surface area contributed by atoms with E-state index in [0.717, 1.165) is 0 Å². The van der Waals surface area contributed by atoms with Gasteiger partial charge in [0.15, 0.2) is 0 Å². The van der Waals surface area contributed by atoms with Crippen LogP contribution in [0.3, 0.4) is 0 Å². The van der Waals surface area contributed by atoms with Gasteiger partial charge in [-0.15, -0.1) is 16.9 Å². The second-order valence-electron chi connectivity index (χ2n) is 7.35. The molecule has 1 aromatic heterocycles. The summed E-state index contributed by atoms with van der Waals surface area (Å²) < 4.78 is 0. The van der Waals surface area contributed by atoms with Gasteiger partial charge in [0.2, 0.25) is 5.91 Å². The first-order chi connectivity index (χ1) is 16.3. The molecule has 1 aromatic carbocycles. The molecule has 3 heterocycles. The van der Waals surface area contributed by atoms with E-state index in [1.807, 2.05) is 0 Å². The number of nitrogens with two attached hydrogens (primary N) is 2. The molecule has 15 heteroatoms. The van der Waals surface area contributed by atoms with E-state index in [2.05, 4.69) is 26.0 Å². The largest absolute Gasteiger partial charge is 0.477 e. The number of thioether (sulfide) groups is 2. The van der Waals surface area contributed by atoms with Gasteiger partial charge in [0.25, 0.3) is 5.91 Å². The van der Waals surface area contributed by atoms with Crippen molar-refractivity contribution >= 4 is 53.0 Å². The lowest BCUT2D eigenvalue weighted by Gasteiger charge is -2.49. The molecular weight excluding hydrogens is 484 g/mol. The highest BCUT2D eigenvalue weighted by Gasteiger charge is 2.54. The van der Waals surface area contributed by atoms with Crippen molar-refractivity contribution in [1.82, 2.24) is 25.6 Å². The van der Waals surface area contributed by atoms with Crippen molar-refractivity contribution < 1.29 is 24.3 Å². The van der Waals surface area contributed by atoms with Gasteiger partial charge in [-0.25, -0.2) is 9.59 Å². The van der Waals surface area contributed by atoms with Crippen molar-refractivity contribution in [2.45, 2.75) is 22.5 Å². The van der Waals surface area contributed by atoms with E-state index in [0.29, 0.717) is 33.4 Å². The third-order valence-corrected chi connectivity index (χ3v) is 7.46. The van der Waals surface area contributed by atoms with Gasteiger partial charge >= 0.3 is 12.0 Å². The molecule has 1 saturated heterocycles. The van der Waals surface area contributed by atoms with Crippen LogP contribution in [-0.2, 0) is 14.4 Å². The normalized spacial score (nSPS) is 20.3. The number of hydrogen-bond acceptors (Lipinski definition) is 9. The predicted molar refractivity (Wildman–Crippen MR) is 123 cm³/mol. The van der Waals surface area contributed by atoms with Gasteiger partial charge < -0.3 is 27.2 Å². The Morgan fingerprint density at radius 3 is 2.85 bits per heavy atom. The number of H-pyrrole nitrogens is 1. The standard InChI is InChI=1S/C19H20N8O5S2/c20-12(8-2-1-3-10(4-8)23-19(21)32)15(28)24-13-16(29)27-14(18(30)31)9(7-34-17(13)27)6-33-11-5-22-26-25-11/h1-5,12-13,17H,6-7,20H2,(H,24,28)(H,30,31)(H3,21,23,32)(H,22,25,26)/t12?,13?,17-/m1/s1. The van der Waals surface area contributed by atoms with Crippen molar-refractivity contribution in [3.8, 4) is 0 Å². The summed E-state index contributed by atoms with van der Waals surface area (Å²) in [6.45, 7) is 0. The molecular formula is C19H20N8O5S2. The van der Waals surface area contributed by atoms with E-state index in [4.69, 9.17) is 11.5 Å². The topological polar surface area (TPSA) is 209 Å². The molecule has 0 aliphatic carbocycles. The van der Waals surface area contributed by atoms with Crippen LogP contribution in [-0.4, -0.2) is 72.2 Å². The number of primary amides is 1. The summed E-state index contributed by atoms with van der Waals surface area (Å²) in [4.78, 5) is 49.7. The number of nitrogens with one attached hydrogen (secondary N) is 3. The molecule has 4 amide bonds. The molecule has 2 aromatic rings. The number of aromatic amines is 1. The monoisotopic (exact) mass is 504 g/mol. The molecule has 34 heavy (non-hydrogen) atoms. The number of anilines is 1. The van der Waals surface area contributed by atoms with Gasteiger partial charge in [-0.1, -0.05) is 29.1 Å². The number of carboxylic acids is 1. The quantitative estimate of drug-likeness (QED) is 0.206. The first kappa shape index (κ1) is 23.6. The minimum Gasteiger partial charge on any atom is -0.477 e. The van der Waals surface area contributed by atoms with Crippen LogP contribution in [0.15, 0.2) is 46.8 Å². The van der Waals surface area contributed by atoms with Gasteiger partial charge in [-0.05, 0) is 23.3 Å². The van der Waals surface area contributed by atoms with Crippen LogP contribution in [0.4, 0.5) is 10.5 Å². The number of carboxylic acid groups (broad SMARTS) is 1. The molecule has 0 bridgehead atoms. The van der Waals surface area contributed by atoms with Crippen LogP contribution >= 0.6 is 23.5 Å². The fraction of sp³-hybridized carbons (Fsp3) is 0.263. The van der Waals surface area contributed by atoms with Gasteiger partial charge in [-0.2, -0.15) is 0 Å². The van der Waals surface area contributed by atoms with E-state index < -0.39 is 41.3 Å². The number of amides is 4. The summed E-state index contributed by atoms with van der Waals surface area (Å²) in [5.74, 6) is -1.64. The molecule has 8 N–H and O–H groups in total. The predicted octanol–water partition coefficient (Wildman–Crippen LogP) is -0.174. The summed E-state index contributed by atoms with van der Waals surface area (Å²) in [6, 6.07) is 3.51. The molecule has 178 valence electrons. The van der Waals surface area contributed by atoms with Crippen molar-refractivity contribution in [2.24, 2.45) is 11.5 Å². The molecule has 2 aliphatic rings. The second kappa shape index (κ2) is 9.74. The van der Waals surface area contributed by atoms with Crippen molar-refractivity contribution in [3.63, 3.8) is 0 Å². The first-order valence-electron chi connectivity index (χ1n) is 9.88. The van der Waals surface area contributed by atoms with E-state index in [9.17, 15) is 24.3 Å². The van der Waals surface area contributed by atoms with E-state index in [-0.39, 0.29) is 5.70 Å². The van der Waals surface area contributed by atoms with E-state index in [1.54, 1.807) is 24.4 Å². The fourth-order valence-electron chi connectivity index (χ4n) is 3.56. The van der Waals surface area contributed by atoms with Crippen LogP contribution in [0.1, 0.15) is 11.6 Å². The number of aromatic nitrogens is 3. The molecule has 2 unspecified atom stereocenters. The third kappa shape index (κ3) is 4.71. The average molecular weight is 505 g/mol. The first-order valence-corrected chi connectivity index (χ1v) is 11.9. The lowest BCUT2D eigenvalue weighted by atomic mass is 10.0. The van der Waals surface area contributed by atoms with Gasteiger partial charge in [0.1, 0.15) is 28.2 Å². The Bertz CT molecular complexity index is 1170. The maximum atomic E-state index is 12.8. The second-order valence-corrected chi connectivity index (χ2v) is 9.45. The van der Waals surface area contributed by atoms with Crippen LogP contribution in [0, 0.1) is 0 Å². The number of rotatable bonds is 8. The Morgan fingerprint density at radius 1 is 1.38 bits per heavy atom. The molecule has 0 radical (unpaired) electrons. The van der Waals surface area contributed by atoms with Gasteiger partial charge in [0, 0.05) is 17.2 Å². The van der Waals surface area contributed by atoms with Crippen molar-refractivity contribution in [3.05, 3.63) is 47.3 Å². The fourth-order valence-corrected chi connectivity index (χ4v) is 5.83. The summed E-state index contributed by atoms with van der Waals surface area (Å²) in [7, 11) is 0. The van der Waals surface area contributed by atoms with Gasteiger partial charge in [0.05, 0.1) is 6.20 Å². The molecule has 4 rings (SSSR count). The Balaban J connectivity index is 1.44. The van der Waals surface area contributed by atoms with Crippen LogP contribution in [0.25, 0.3) is 0 Å². The number of nitrogens with zero attached hydrogens (tertiary/aromatic N) is 3. The zero-order valence-electron chi connectivity index (χ0n) is 17.4. The average Bonchev–Trinajstić information content (AvgIpc) is 3.33. The summed E-state index contributed by atoms with van der Waals surface area (Å²) in [5.41, 5.74) is 12.4. The lowest BCUT2D eigenvalue weighted by Crippen LogP contribution is -2.71. The van der Waals surface area contributed by atoms with E-state index >= 15 is 0 Å². The highest BCUT2D eigenvalue weighted by Crippen LogP contribution is 2.41. The SMILES string of the molecule is NC(=O)Nc1cccc(C(N)C(=O)NC2C(=O)N3C(C(=O)O)=C(CSc4c[nH]nn4)CS[C@H]23)c1.